The number of hydrogen-bond acceptors (Lipinski definition) is 4. The molecule has 0 N–H and O–H groups in total. The maximum atomic E-state index is 13.1. The number of benzene rings is 2. The van der Waals surface area contributed by atoms with E-state index in [-0.39, 0.29) is 17.5 Å². The van der Waals surface area contributed by atoms with Crippen LogP contribution in [0.5, 0.6) is 5.75 Å². The van der Waals surface area contributed by atoms with Crippen molar-refractivity contribution in [3.8, 4) is 5.75 Å². The Bertz CT molecular complexity index is 1110. The van der Waals surface area contributed by atoms with E-state index in [1.807, 2.05) is 13.8 Å². The Labute approximate surface area is 174 Å². The fraction of sp³-hybridized carbons (Fsp3) is 0.318. The summed E-state index contributed by atoms with van der Waals surface area (Å²) in [6.45, 7) is 4.32. The fourth-order valence-electron chi connectivity index (χ4n) is 3.50. The summed E-state index contributed by atoms with van der Waals surface area (Å²) in [6, 6.07) is 11.7. The molecule has 29 heavy (non-hydrogen) atoms. The second kappa shape index (κ2) is 8.66. The lowest BCUT2D eigenvalue weighted by Gasteiger charge is -2.29. The van der Waals surface area contributed by atoms with Crippen LogP contribution in [0.3, 0.4) is 0 Å². The van der Waals surface area contributed by atoms with E-state index in [4.69, 9.17) is 21.3 Å². The van der Waals surface area contributed by atoms with Gasteiger partial charge < -0.3 is 9.64 Å². The lowest BCUT2D eigenvalue weighted by Crippen LogP contribution is -2.36. The number of amides is 1. The number of carbonyl (C=O) groups is 1. The quantitative estimate of drug-likeness (QED) is 0.604. The molecule has 0 bridgehead atoms. The Morgan fingerprint density at radius 2 is 2.00 bits per heavy atom. The van der Waals surface area contributed by atoms with Crippen LogP contribution in [0, 0.1) is 0 Å². The molecule has 1 atom stereocenters. The molecule has 0 aliphatic rings. The number of methoxy groups -OCH3 is 1. The SMILES string of the molecule is CCC(c1nc2cc(Cl)ccc2c(=O)n1CC)N(C)C(=O)c1cccc(OC)c1. The molecular weight excluding hydrogens is 390 g/mol. The molecule has 2 aromatic carbocycles. The standard InChI is InChI=1S/C22H24ClN3O3/c1-5-19(25(3)21(27)14-8-7-9-16(12-14)29-4)20-24-18-13-15(23)10-11-17(18)22(28)26(20)6-2/h7-13,19H,5-6H2,1-4H3. The van der Waals surface area contributed by atoms with Gasteiger partial charge in [-0.05, 0) is 49.7 Å². The van der Waals surface area contributed by atoms with E-state index in [1.54, 1.807) is 66.1 Å². The molecule has 1 amide bonds. The van der Waals surface area contributed by atoms with Crippen LogP contribution < -0.4 is 10.3 Å². The van der Waals surface area contributed by atoms with Crippen LogP contribution in [-0.2, 0) is 6.54 Å². The van der Waals surface area contributed by atoms with E-state index in [2.05, 4.69) is 0 Å². The first-order valence-corrected chi connectivity index (χ1v) is 9.90. The fourth-order valence-corrected chi connectivity index (χ4v) is 3.67. The number of rotatable bonds is 6. The van der Waals surface area contributed by atoms with Crippen LogP contribution in [0.2, 0.25) is 5.02 Å². The summed E-state index contributed by atoms with van der Waals surface area (Å²) >= 11 is 6.11. The maximum absolute atomic E-state index is 13.1. The molecule has 152 valence electrons. The second-order valence-corrected chi connectivity index (χ2v) is 7.19. The maximum Gasteiger partial charge on any atom is 0.261 e. The van der Waals surface area contributed by atoms with Crippen LogP contribution in [-0.4, -0.2) is 34.5 Å². The van der Waals surface area contributed by atoms with Crippen molar-refractivity contribution in [2.75, 3.05) is 14.2 Å². The zero-order chi connectivity index (χ0) is 21.1. The van der Waals surface area contributed by atoms with E-state index >= 15 is 0 Å². The van der Waals surface area contributed by atoms with E-state index in [0.29, 0.717) is 46.0 Å². The lowest BCUT2D eigenvalue weighted by molar-refractivity contribution is 0.0714. The Hall–Kier alpha value is -2.86. The molecule has 6 nitrogen and oxygen atoms in total. The highest BCUT2D eigenvalue weighted by atomic mass is 35.5. The van der Waals surface area contributed by atoms with Gasteiger partial charge in [-0.25, -0.2) is 4.98 Å². The van der Waals surface area contributed by atoms with E-state index in [0.717, 1.165) is 0 Å². The van der Waals surface area contributed by atoms with Gasteiger partial charge in [-0.2, -0.15) is 0 Å². The Balaban J connectivity index is 2.10. The number of halogens is 1. The van der Waals surface area contributed by atoms with Gasteiger partial charge in [0.05, 0.1) is 24.1 Å². The van der Waals surface area contributed by atoms with Gasteiger partial charge >= 0.3 is 0 Å². The Morgan fingerprint density at radius 1 is 1.24 bits per heavy atom. The number of fused-ring (bicyclic) bond motifs is 1. The number of aromatic nitrogens is 2. The minimum absolute atomic E-state index is 0.134. The molecule has 0 radical (unpaired) electrons. The topological polar surface area (TPSA) is 64.4 Å². The first kappa shape index (κ1) is 20.9. The zero-order valence-corrected chi connectivity index (χ0v) is 17.7. The van der Waals surface area contributed by atoms with Crippen molar-refractivity contribution in [2.45, 2.75) is 32.9 Å². The minimum atomic E-state index is -0.371. The van der Waals surface area contributed by atoms with Crippen LogP contribution in [0.15, 0.2) is 47.3 Å². The molecular formula is C22H24ClN3O3. The predicted octanol–water partition coefficient (Wildman–Crippen LogP) is 4.30. The van der Waals surface area contributed by atoms with Crippen LogP contribution in [0.25, 0.3) is 10.9 Å². The highest BCUT2D eigenvalue weighted by Crippen LogP contribution is 2.26. The van der Waals surface area contributed by atoms with Gasteiger partial charge in [-0.3, -0.25) is 14.2 Å². The predicted molar refractivity (Wildman–Crippen MR) is 115 cm³/mol. The summed E-state index contributed by atoms with van der Waals surface area (Å²) in [5.74, 6) is 0.994. The van der Waals surface area contributed by atoms with Crippen LogP contribution >= 0.6 is 11.6 Å². The van der Waals surface area contributed by atoms with Gasteiger partial charge in [0, 0.05) is 24.2 Å². The first-order chi connectivity index (χ1) is 13.9. The number of ether oxygens (including phenoxy) is 1. The molecule has 3 aromatic rings. The summed E-state index contributed by atoms with van der Waals surface area (Å²) in [5, 5.41) is 1.02. The Kier molecular flexibility index (Phi) is 6.23. The van der Waals surface area contributed by atoms with E-state index in [1.165, 1.54) is 0 Å². The molecule has 0 spiro atoms. The van der Waals surface area contributed by atoms with E-state index in [9.17, 15) is 9.59 Å². The highest BCUT2D eigenvalue weighted by Gasteiger charge is 2.26. The zero-order valence-electron chi connectivity index (χ0n) is 17.0. The average molecular weight is 414 g/mol. The normalized spacial score (nSPS) is 12.0. The third-order valence-electron chi connectivity index (χ3n) is 5.05. The molecule has 3 rings (SSSR count). The highest BCUT2D eigenvalue weighted by molar-refractivity contribution is 6.31. The first-order valence-electron chi connectivity index (χ1n) is 9.52. The third-order valence-corrected chi connectivity index (χ3v) is 5.29. The number of hydrogen-bond donors (Lipinski definition) is 0. The minimum Gasteiger partial charge on any atom is -0.497 e. The van der Waals surface area contributed by atoms with Crippen molar-refractivity contribution in [3.63, 3.8) is 0 Å². The third kappa shape index (κ3) is 3.98. The smallest absolute Gasteiger partial charge is 0.261 e. The Morgan fingerprint density at radius 3 is 2.66 bits per heavy atom. The lowest BCUT2D eigenvalue weighted by atomic mass is 10.1. The van der Waals surface area contributed by atoms with Crippen molar-refractivity contribution < 1.29 is 9.53 Å². The van der Waals surface area contributed by atoms with E-state index < -0.39 is 0 Å². The summed E-state index contributed by atoms with van der Waals surface area (Å²) in [6.07, 6.45) is 0.602. The van der Waals surface area contributed by atoms with Crippen molar-refractivity contribution in [2.24, 2.45) is 0 Å². The van der Waals surface area contributed by atoms with Gasteiger partial charge in [-0.1, -0.05) is 24.6 Å². The molecule has 0 saturated heterocycles. The van der Waals surface area contributed by atoms with Crippen molar-refractivity contribution in [3.05, 3.63) is 69.2 Å². The van der Waals surface area contributed by atoms with Gasteiger partial charge in [0.15, 0.2) is 0 Å². The largest absolute Gasteiger partial charge is 0.497 e. The number of nitrogens with zero attached hydrogens (tertiary/aromatic N) is 3. The molecule has 0 fully saturated rings. The molecule has 7 heteroatoms. The van der Waals surface area contributed by atoms with Gasteiger partial charge in [0.2, 0.25) is 0 Å². The molecule has 1 unspecified atom stereocenters. The van der Waals surface area contributed by atoms with Gasteiger partial charge in [0.25, 0.3) is 11.5 Å². The van der Waals surface area contributed by atoms with Gasteiger partial charge in [0.1, 0.15) is 11.6 Å². The summed E-state index contributed by atoms with van der Waals surface area (Å²) in [4.78, 5) is 32.5. The molecule has 1 aromatic heterocycles. The number of carbonyl (C=O) groups excluding carboxylic acids is 1. The van der Waals surface area contributed by atoms with Crippen molar-refractivity contribution in [1.82, 2.24) is 14.5 Å². The van der Waals surface area contributed by atoms with Crippen molar-refractivity contribution in [1.29, 1.82) is 0 Å². The molecule has 0 aliphatic heterocycles. The summed E-state index contributed by atoms with van der Waals surface area (Å²) < 4.78 is 6.85. The van der Waals surface area contributed by atoms with Crippen molar-refractivity contribution >= 4 is 28.4 Å². The van der Waals surface area contributed by atoms with Crippen LogP contribution in [0.4, 0.5) is 0 Å². The van der Waals surface area contributed by atoms with Crippen LogP contribution in [0.1, 0.15) is 42.5 Å². The monoisotopic (exact) mass is 413 g/mol. The molecule has 0 aliphatic carbocycles. The summed E-state index contributed by atoms with van der Waals surface area (Å²) in [5.41, 5.74) is 0.909. The van der Waals surface area contributed by atoms with Gasteiger partial charge in [-0.15, -0.1) is 0 Å². The second-order valence-electron chi connectivity index (χ2n) is 6.75. The molecule has 0 saturated carbocycles. The summed E-state index contributed by atoms with van der Waals surface area (Å²) in [7, 11) is 3.29. The molecule has 1 heterocycles. The average Bonchev–Trinajstić information content (AvgIpc) is 2.73.